The number of tetrazole rings is 1. The molecule has 2 amide bonds. The summed E-state index contributed by atoms with van der Waals surface area (Å²) in [7, 11) is 3.67. The van der Waals surface area contributed by atoms with Crippen LogP contribution in [0.5, 0.6) is 11.5 Å². The lowest BCUT2D eigenvalue weighted by atomic mass is 9.99. The van der Waals surface area contributed by atoms with Crippen LogP contribution in [0.15, 0.2) is 48.8 Å². The van der Waals surface area contributed by atoms with Gasteiger partial charge in [0.25, 0.3) is 5.91 Å². The van der Waals surface area contributed by atoms with E-state index in [1.54, 1.807) is 30.2 Å². The number of likely N-dealkylation sites (N-methyl/N-ethyl adjacent to an activating group) is 1. The number of aromatic nitrogens is 4. The first kappa shape index (κ1) is 28.0. The second-order valence-corrected chi connectivity index (χ2v) is 9.93. The highest BCUT2D eigenvalue weighted by Gasteiger charge is 2.33. The maximum Gasteiger partial charge on any atom is 0.258 e. The van der Waals surface area contributed by atoms with Crippen molar-refractivity contribution in [2.75, 3.05) is 39.2 Å². The Balaban J connectivity index is 1.54. The first-order chi connectivity index (χ1) is 18.8. The number of aliphatic hydroxyl groups excluding tert-OH is 1. The van der Waals surface area contributed by atoms with Crippen molar-refractivity contribution in [3.05, 3.63) is 59.9 Å². The zero-order valence-corrected chi connectivity index (χ0v) is 22.6. The van der Waals surface area contributed by atoms with E-state index < -0.39 is 0 Å². The van der Waals surface area contributed by atoms with E-state index >= 15 is 0 Å². The zero-order chi connectivity index (χ0) is 27.9. The van der Waals surface area contributed by atoms with Gasteiger partial charge in [0.15, 0.2) is 0 Å². The molecular formula is C27H35N7O5. The summed E-state index contributed by atoms with van der Waals surface area (Å²) in [6, 6.07) is 12.6. The van der Waals surface area contributed by atoms with Gasteiger partial charge in [0.2, 0.25) is 5.91 Å². The fourth-order valence-electron chi connectivity index (χ4n) is 4.53. The molecule has 3 aromatic rings. The van der Waals surface area contributed by atoms with Crippen LogP contribution in [0.1, 0.15) is 29.8 Å². The Morgan fingerprint density at radius 1 is 1.28 bits per heavy atom. The molecule has 3 atom stereocenters. The van der Waals surface area contributed by atoms with Gasteiger partial charge in [-0.25, -0.2) is 4.68 Å². The number of hydrogen-bond acceptors (Lipinski definition) is 9. The van der Waals surface area contributed by atoms with E-state index in [1.165, 1.54) is 11.0 Å². The fourth-order valence-corrected chi connectivity index (χ4v) is 4.53. The molecule has 0 spiro atoms. The minimum atomic E-state index is -0.387. The van der Waals surface area contributed by atoms with Crippen LogP contribution in [0.3, 0.4) is 0 Å². The minimum Gasteiger partial charge on any atom is -0.497 e. The number of carbonyl (C=O) groups excluding carboxylic acids is 2. The van der Waals surface area contributed by atoms with E-state index in [1.807, 2.05) is 38.2 Å². The fraction of sp³-hybridized carbons (Fsp3) is 0.444. The number of carbonyl (C=O) groups is 2. The Kier molecular flexibility index (Phi) is 9.10. The number of benzene rings is 2. The number of nitrogens with one attached hydrogen (secondary N) is 1. The van der Waals surface area contributed by atoms with Crippen molar-refractivity contribution >= 4 is 17.5 Å². The Hall–Kier alpha value is -4.03. The molecule has 39 heavy (non-hydrogen) atoms. The van der Waals surface area contributed by atoms with Crippen LogP contribution in [-0.2, 0) is 17.9 Å². The van der Waals surface area contributed by atoms with Crippen molar-refractivity contribution in [2.24, 2.45) is 5.92 Å². The third-order valence-electron chi connectivity index (χ3n) is 6.75. The van der Waals surface area contributed by atoms with Gasteiger partial charge in [-0.1, -0.05) is 19.1 Å². The number of nitrogens with zero attached hydrogens (tertiary/aromatic N) is 6. The van der Waals surface area contributed by atoms with Crippen LogP contribution in [-0.4, -0.2) is 92.9 Å². The van der Waals surface area contributed by atoms with Gasteiger partial charge in [0.05, 0.1) is 25.3 Å². The van der Waals surface area contributed by atoms with Crippen LogP contribution >= 0.6 is 0 Å². The molecule has 0 radical (unpaired) electrons. The molecule has 1 aromatic heterocycles. The summed E-state index contributed by atoms with van der Waals surface area (Å²) < 4.78 is 13.0. The SMILES string of the molecule is COc1ccc(CN(C)C[C@@H]2Oc3ccc(NC(=O)Cn4cnnn4)cc3C(=O)N([C@H](C)CO)C[C@H]2C)cc1. The van der Waals surface area contributed by atoms with Gasteiger partial charge in [-0.15, -0.1) is 5.10 Å². The second kappa shape index (κ2) is 12.7. The van der Waals surface area contributed by atoms with E-state index in [-0.39, 0.29) is 43.0 Å². The maximum atomic E-state index is 13.6. The van der Waals surface area contributed by atoms with E-state index in [4.69, 9.17) is 9.47 Å². The summed E-state index contributed by atoms with van der Waals surface area (Å²) in [6.45, 7) is 5.38. The maximum absolute atomic E-state index is 13.6. The molecule has 0 saturated heterocycles. The third kappa shape index (κ3) is 7.09. The van der Waals surface area contributed by atoms with E-state index in [2.05, 4.69) is 32.7 Å². The van der Waals surface area contributed by atoms with Crippen molar-refractivity contribution in [2.45, 2.75) is 39.1 Å². The molecule has 12 heteroatoms. The predicted molar refractivity (Wildman–Crippen MR) is 143 cm³/mol. The summed E-state index contributed by atoms with van der Waals surface area (Å²) in [5, 5.41) is 23.4. The summed E-state index contributed by atoms with van der Waals surface area (Å²) in [5.41, 5.74) is 1.91. The molecule has 208 valence electrons. The topological polar surface area (TPSA) is 135 Å². The number of amides is 2. The van der Waals surface area contributed by atoms with Crippen molar-refractivity contribution < 1.29 is 24.2 Å². The number of ether oxygens (including phenoxy) is 2. The number of aliphatic hydroxyl groups is 1. The van der Waals surface area contributed by atoms with Gasteiger partial charge >= 0.3 is 0 Å². The van der Waals surface area contributed by atoms with Crippen molar-refractivity contribution in [3.63, 3.8) is 0 Å². The lowest BCUT2D eigenvalue weighted by molar-refractivity contribution is -0.116. The molecule has 4 rings (SSSR count). The van der Waals surface area contributed by atoms with Crippen LogP contribution in [0.2, 0.25) is 0 Å². The van der Waals surface area contributed by atoms with Gasteiger partial charge in [0.1, 0.15) is 30.5 Å². The van der Waals surface area contributed by atoms with Crippen LogP contribution in [0.4, 0.5) is 5.69 Å². The number of methoxy groups -OCH3 is 1. The number of fused-ring (bicyclic) bond motifs is 1. The van der Waals surface area contributed by atoms with Gasteiger partial charge in [-0.05, 0) is 60.3 Å². The van der Waals surface area contributed by atoms with Crippen molar-refractivity contribution in [1.29, 1.82) is 0 Å². The number of rotatable bonds is 10. The minimum absolute atomic E-state index is 0.00918. The molecule has 0 aliphatic carbocycles. The first-order valence-corrected chi connectivity index (χ1v) is 12.8. The monoisotopic (exact) mass is 537 g/mol. The quantitative estimate of drug-likeness (QED) is 0.396. The highest BCUT2D eigenvalue weighted by atomic mass is 16.5. The molecule has 2 N–H and O–H groups in total. The van der Waals surface area contributed by atoms with E-state index in [0.717, 1.165) is 11.3 Å². The van der Waals surface area contributed by atoms with Crippen molar-refractivity contribution in [3.8, 4) is 11.5 Å². The zero-order valence-electron chi connectivity index (χ0n) is 22.6. The molecular weight excluding hydrogens is 502 g/mol. The average Bonchev–Trinajstić information content (AvgIpc) is 3.43. The first-order valence-electron chi connectivity index (χ1n) is 12.8. The van der Waals surface area contributed by atoms with Crippen molar-refractivity contribution in [1.82, 2.24) is 30.0 Å². The summed E-state index contributed by atoms with van der Waals surface area (Å²) in [5.74, 6) is 0.630. The molecule has 0 unspecified atom stereocenters. The van der Waals surface area contributed by atoms with Gasteiger partial charge in [-0.3, -0.25) is 14.5 Å². The summed E-state index contributed by atoms with van der Waals surface area (Å²) in [4.78, 5) is 30.0. The second-order valence-electron chi connectivity index (χ2n) is 9.93. The molecule has 0 saturated carbocycles. The van der Waals surface area contributed by atoms with Crippen LogP contribution in [0.25, 0.3) is 0 Å². The normalized spacial score (nSPS) is 18.1. The number of hydrogen-bond donors (Lipinski definition) is 2. The predicted octanol–water partition coefficient (Wildman–Crippen LogP) is 1.67. The Morgan fingerprint density at radius 2 is 2.05 bits per heavy atom. The van der Waals surface area contributed by atoms with Gasteiger partial charge in [0, 0.05) is 31.2 Å². The number of anilines is 1. The molecule has 2 aromatic carbocycles. The molecule has 1 aliphatic rings. The average molecular weight is 538 g/mol. The lowest BCUT2D eigenvalue weighted by Gasteiger charge is -2.38. The molecule has 0 fully saturated rings. The van der Waals surface area contributed by atoms with E-state index in [9.17, 15) is 14.7 Å². The Morgan fingerprint density at radius 3 is 2.72 bits per heavy atom. The van der Waals surface area contributed by atoms with Crippen LogP contribution < -0.4 is 14.8 Å². The Labute approximate surface area is 227 Å². The molecule has 0 bridgehead atoms. The van der Waals surface area contributed by atoms with Crippen LogP contribution in [0, 0.1) is 5.92 Å². The van der Waals surface area contributed by atoms with E-state index in [0.29, 0.717) is 36.6 Å². The van der Waals surface area contributed by atoms with Gasteiger partial charge < -0.3 is 24.8 Å². The smallest absolute Gasteiger partial charge is 0.258 e. The van der Waals surface area contributed by atoms with Gasteiger partial charge in [-0.2, -0.15) is 0 Å². The highest BCUT2D eigenvalue weighted by molar-refractivity contribution is 5.99. The largest absolute Gasteiger partial charge is 0.497 e. The highest BCUT2D eigenvalue weighted by Crippen LogP contribution is 2.31. The third-order valence-corrected chi connectivity index (χ3v) is 6.75. The molecule has 12 nitrogen and oxygen atoms in total. The lowest BCUT2D eigenvalue weighted by Crippen LogP contribution is -2.49. The molecule has 1 aliphatic heterocycles. The summed E-state index contributed by atoms with van der Waals surface area (Å²) >= 11 is 0. The molecule has 2 heterocycles. The summed E-state index contributed by atoms with van der Waals surface area (Å²) in [6.07, 6.45) is 1.12. The standard InChI is InChI=1S/C27H35N7O5/c1-18-12-34(19(2)16-35)27(37)23-11-21(29-26(36)15-33-17-28-30-31-33)7-10-24(23)39-25(18)14-32(3)13-20-5-8-22(38-4)9-6-20/h5-11,17-19,25,35H,12-16H2,1-4H3,(H,29,36)/t18-,19-,25+/m1/s1. The Bertz CT molecular complexity index is 1250.